The third-order valence-corrected chi connectivity index (χ3v) is 2.23. The zero-order chi connectivity index (χ0) is 13.5. The summed E-state index contributed by atoms with van der Waals surface area (Å²) in [6.07, 6.45) is -2.50. The Kier molecular flexibility index (Phi) is 5.51. The maximum atomic E-state index is 11.7. The standard InChI is InChI=1S/C12H15F2NO3/c1-8-6-9(2-3-10(8)16)12(17)15-4-5-18-7-11(13)14/h2-3,6,11,16H,4-5,7H2,1H3,(H,15,17). The molecule has 0 bridgehead atoms. The first-order valence-corrected chi connectivity index (χ1v) is 5.44. The number of hydrogen-bond acceptors (Lipinski definition) is 3. The van der Waals surface area contributed by atoms with Gasteiger partial charge < -0.3 is 15.2 Å². The number of benzene rings is 1. The number of nitrogens with one attached hydrogen (secondary N) is 1. The Morgan fingerprint density at radius 3 is 2.83 bits per heavy atom. The van der Waals surface area contributed by atoms with Gasteiger partial charge in [-0.15, -0.1) is 0 Å². The molecule has 0 fully saturated rings. The molecule has 1 amide bonds. The van der Waals surface area contributed by atoms with Crippen molar-refractivity contribution in [3.05, 3.63) is 29.3 Å². The van der Waals surface area contributed by atoms with Crippen molar-refractivity contribution in [2.75, 3.05) is 19.8 Å². The van der Waals surface area contributed by atoms with E-state index in [9.17, 15) is 18.7 Å². The highest BCUT2D eigenvalue weighted by Gasteiger charge is 2.07. The highest BCUT2D eigenvalue weighted by atomic mass is 19.3. The molecule has 1 aromatic carbocycles. The van der Waals surface area contributed by atoms with E-state index in [-0.39, 0.29) is 24.8 Å². The summed E-state index contributed by atoms with van der Waals surface area (Å²) in [6.45, 7) is 1.24. The normalized spacial score (nSPS) is 10.7. The van der Waals surface area contributed by atoms with Crippen molar-refractivity contribution in [1.82, 2.24) is 5.32 Å². The van der Waals surface area contributed by atoms with Crippen molar-refractivity contribution in [2.24, 2.45) is 0 Å². The van der Waals surface area contributed by atoms with Gasteiger partial charge in [-0.05, 0) is 30.7 Å². The largest absolute Gasteiger partial charge is 0.508 e. The molecular weight excluding hydrogens is 244 g/mol. The molecular formula is C12H15F2NO3. The molecule has 1 aromatic rings. The average Bonchev–Trinajstić information content (AvgIpc) is 2.31. The van der Waals surface area contributed by atoms with Gasteiger partial charge >= 0.3 is 0 Å². The van der Waals surface area contributed by atoms with Crippen LogP contribution in [0.3, 0.4) is 0 Å². The summed E-state index contributed by atoms with van der Waals surface area (Å²) >= 11 is 0. The minimum absolute atomic E-state index is 0.0349. The van der Waals surface area contributed by atoms with Gasteiger partial charge in [-0.25, -0.2) is 8.78 Å². The molecule has 100 valence electrons. The highest BCUT2D eigenvalue weighted by molar-refractivity contribution is 5.94. The Labute approximate surface area is 104 Å². The van der Waals surface area contributed by atoms with E-state index >= 15 is 0 Å². The summed E-state index contributed by atoms with van der Waals surface area (Å²) < 4.78 is 28.1. The molecule has 2 N–H and O–H groups in total. The lowest BCUT2D eigenvalue weighted by Crippen LogP contribution is -2.27. The van der Waals surface area contributed by atoms with Crippen LogP contribution in [-0.4, -0.2) is 37.2 Å². The van der Waals surface area contributed by atoms with E-state index in [4.69, 9.17) is 0 Å². The Balaban J connectivity index is 2.34. The first-order chi connectivity index (χ1) is 8.50. The van der Waals surface area contributed by atoms with Crippen LogP contribution in [0.4, 0.5) is 8.78 Å². The summed E-state index contributed by atoms with van der Waals surface area (Å²) in [7, 11) is 0. The number of halogens is 2. The number of aryl methyl sites for hydroxylation is 1. The fraction of sp³-hybridized carbons (Fsp3) is 0.417. The molecule has 0 aromatic heterocycles. The van der Waals surface area contributed by atoms with Crippen molar-refractivity contribution < 1.29 is 23.4 Å². The number of carbonyl (C=O) groups is 1. The summed E-state index contributed by atoms with van der Waals surface area (Å²) in [5.74, 6) is -0.217. The fourth-order valence-corrected chi connectivity index (χ4v) is 1.31. The molecule has 4 nitrogen and oxygen atoms in total. The lowest BCUT2D eigenvalue weighted by molar-refractivity contribution is 0.0188. The summed E-state index contributed by atoms with van der Waals surface area (Å²) in [5, 5.41) is 11.8. The third-order valence-electron chi connectivity index (χ3n) is 2.23. The van der Waals surface area contributed by atoms with Gasteiger partial charge in [0.25, 0.3) is 12.3 Å². The monoisotopic (exact) mass is 259 g/mol. The number of phenols is 1. The second-order valence-corrected chi connectivity index (χ2v) is 3.72. The van der Waals surface area contributed by atoms with Crippen molar-refractivity contribution in [2.45, 2.75) is 13.3 Å². The van der Waals surface area contributed by atoms with Crippen molar-refractivity contribution in [3.8, 4) is 5.75 Å². The van der Waals surface area contributed by atoms with Gasteiger partial charge in [0.15, 0.2) is 0 Å². The Bertz CT molecular complexity index is 410. The van der Waals surface area contributed by atoms with Crippen LogP contribution in [0.15, 0.2) is 18.2 Å². The summed E-state index contributed by atoms with van der Waals surface area (Å²) in [4.78, 5) is 11.6. The molecule has 0 aliphatic carbocycles. The van der Waals surface area contributed by atoms with E-state index < -0.39 is 13.0 Å². The van der Waals surface area contributed by atoms with E-state index in [1.807, 2.05) is 0 Å². The SMILES string of the molecule is Cc1cc(C(=O)NCCOCC(F)F)ccc1O. The van der Waals surface area contributed by atoms with Crippen LogP contribution in [-0.2, 0) is 4.74 Å². The fourth-order valence-electron chi connectivity index (χ4n) is 1.31. The number of aromatic hydroxyl groups is 1. The zero-order valence-corrected chi connectivity index (χ0v) is 9.95. The molecule has 18 heavy (non-hydrogen) atoms. The summed E-state index contributed by atoms with van der Waals surface area (Å²) in [5.41, 5.74) is 0.996. The van der Waals surface area contributed by atoms with Gasteiger partial charge in [-0.1, -0.05) is 0 Å². The number of carbonyl (C=O) groups excluding carboxylic acids is 1. The predicted octanol–water partition coefficient (Wildman–Crippen LogP) is 1.71. The maximum absolute atomic E-state index is 11.7. The number of hydrogen-bond donors (Lipinski definition) is 2. The molecule has 0 saturated carbocycles. The van der Waals surface area contributed by atoms with Crippen molar-refractivity contribution in [1.29, 1.82) is 0 Å². The van der Waals surface area contributed by atoms with Gasteiger partial charge in [-0.2, -0.15) is 0 Å². The molecule has 0 heterocycles. The van der Waals surface area contributed by atoms with Crippen LogP contribution in [0.1, 0.15) is 15.9 Å². The molecule has 0 spiro atoms. The number of phenolic OH excluding ortho intramolecular Hbond substituents is 1. The molecule has 0 saturated heterocycles. The average molecular weight is 259 g/mol. The van der Waals surface area contributed by atoms with Gasteiger partial charge in [0.1, 0.15) is 12.4 Å². The maximum Gasteiger partial charge on any atom is 0.261 e. The van der Waals surface area contributed by atoms with E-state index in [2.05, 4.69) is 10.1 Å². The van der Waals surface area contributed by atoms with Gasteiger partial charge in [0, 0.05) is 12.1 Å². The lowest BCUT2D eigenvalue weighted by atomic mass is 10.1. The number of alkyl halides is 2. The van der Waals surface area contributed by atoms with Crippen LogP contribution < -0.4 is 5.32 Å². The van der Waals surface area contributed by atoms with E-state index in [0.717, 1.165) is 0 Å². The van der Waals surface area contributed by atoms with Crippen LogP contribution in [0, 0.1) is 6.92 Å². The van der Waals surface area contributed by atoms with Gasteiger partial charge in [-0.3, -0.25) is 4.79 Å². The van der Waals surface area contributed by atoms with Gasteiger partial charge in [0.2, 0.25) is 0 Å². The quantitative estimate of drug-likeness (QED) is 0.765. The molecule has 6 heteroatoms. The molecule has 0 aliphatic rings. The van der Waals surface area contributed by atoms with Crippen LogP contribution in [0.5, 0.6) is 5.75 Å². The summed E-state index contributed by atoms with van der Waals surface area (Å²) in [6, 6.07) is 4.46. The lowest BCUT2D eigenvalue weighted by Gasteiger charge is -2.07. The number of ether oxygens (including phenoxy) is 1. The van der Waals surface area contributed by atoms with Crippen LogP contribution in [0.2, 0.25) is 0 Å². The molecule has 0 aliphatic heterocycles. The zero-order valence-electron chi connectivity index (χ0n) is 9.95. The highest BCUT2D eigenvalue weighted by Crippen LogP contribution is 2.16. The van der Waals surface area contributed by atoms with E-state index in [0.29, 0.717) is 11.1 Å². The number of rotatable bonds is 6. The third kappa shape index (κ3) is 4.67. The van der Waals surface area contributed by atoms with Crippen molar-refractivity contribution >= 4 is 5.91 Å². The predicted molar refractivity (Wildman–Crippen MR) is 62.0 cm³/mol. The first-order valence-electron chi connectivity index (χ1n) is 5.44. The molecule has 0 unspecified atom stereocenters. The Morgan fingerprint density at radius 2 is 2.22 bits per heavy atom. The van der Waals surface area contributed by atoms with E-state index in [1.165, 1.54) is 12.1 Å². The minimum Gasteiger partial charge on any atom is -0.508 e. The molecule has 0 radical (unpaired) electrons. The topological polar surface area (TPSA) is 58.6 Å². The smallest absolute Gasteiger partial charge is 0.261 e. The van der Waals surface area contributed by atoms with Crippen molar-refractivity contribution in [3.63, 3.8) is 0 Å². The van der Waals surface area contributed by atoms with Gasteiger partial charge in [0.05, 0.1) is 6.61 Å². The molecule has 1 rings (SSSR count). The van der Waals surface area contributed by atoms with Crippen LogP contribution >= 0.6 is 0 Å². The Hall–Kier alpha value is -1.69. The molecule has 0 atom stereocenters. The first kappa shape index (κ1) is 14.4. The second-order valence-electron chi connectivity index (χ2n) is 3.72. The Morgan fingerprint density at radius 1 is 1.50 bits per heavy atom. The van der Waals surface area contributed by atoms with E-state index in [1.54, 1.807) is 13.0 Å². The number of amides is 1. The minimum atomic E-state index is -2.50. The van der Waals surface area contributed by atoms with Crippen LogP contribution in [0.25, 0.3) is 0 Å². The second kappa shape index (κ2) is 6.90.